The summed E-state index contributed by atoms with van der Waals surface area (Å²) >= 11 is 25.8. The van der Waals surface area contributed by atoms with Gasteiger partial charge in [0.25, 0.3) is 5.91 Å². The third kappa shape index (κ3) is 8.71. The summed E-state index contributed by atoms with van der Waals surface area (Å²) in [4.78, 5) is 37.0. The number of nitrogens with two attached hydrogens (primary N) is 1. The van der Waals surface area contributed by atoms with Crippen molar-refractivity contribution in [2.45, 2.75) is 70.6 Å². The van der Waals surface area contributed by atoms with E-state index in [4.69, 9.17) is 72.0 Å². The summed E-state index contributed by atoms with van der Waals surface area (Å²) in [7, 11) is 0. The van der Waals surface area contributed by atoms with Gasteiger partial charge in [-0.2, -0.15) is 18.3 Å². The number of aliphatic carboxylic acids is 1. The van der Waals surface area contributed by atoms with Gasteiger partial charge in [-0.25, -0.2) is 19.4 Å². The van der Waals surface area contributed by atoms with Crippen LogP contribution in [0.5, 0.6) is 0 Å². The summed E-state index contributed by atoms with van der Waals surface area (Å²) in [6, 6.07) is 10.9. The van der Waals surface area contributed by atoms with Crippen molar-refractivity contribution in [3.05, 3.63) is 79.0 Å². The van der Waals surface area contributed by atoms with Crippen LogP contribution in [0.25, 0.3) is 11.2 Å². The summed E-state index contributed by atoms with van der Waals surface area (Å²) in [6.45, 7) is 10.3. The molecule has 2 fully saturated rings. The molecule has 0 aliphatic carbocycles. The third-order valence-electron chi connectivity index (χ3n) is 9.65. The Bertz CT molecular complexity index is 1960. The van der Waals surface area contributed by atoms with Crippen LogP contribution in [0.4, 0.5) is 19.0 Å². The quantitative estimate of drug-likeness (QED) is 0.190. The molecule has 1 amide bonds. The number of aromatic nitrogens is 4. The molecule has 280 valence electrons. The normalized spacial score (nSPS) is 19.5. The number of fused-ring (bicyclic) bond motifs is 1. The zero-order chi connectivity index (χ0) is 38.1. The van der Waals surface area contributed by atoms with Gasteiger partial charge in [-0.3, -0.25) is 9.69 Å². The van der Waals surface area contributed by atoms with E-state index in [1.54, 1.807) is 22.9 Å². The average molecular weight is 804 g/mol. The van der Waals surface area contributed by atoms with E-state index in [1.165, 1.54) is 32.4 Å². The minimum atomic E-state index is -5.08. The van der Waals surface area contributed by atoms with E-state index in [2.05, 4.69) is 21.8 Å². The van der Waals surface area contributed by atoms with Crippen LogP contribution >= 0.6 is 46.4 Å². The number of nitrogens with zero attached hydrogens (tertiary/aromatic N) is 6. The van der Waals surface area contributed by atoms with Gasteiger partial charge in [0.2, 0.25) is 0 Å². The molecule has 4 atom stereocenters. The summed E-state index contributed by atoms with van der Waals surface area (Å²) in [6.07, 6.45) is -0.214. The number of hydrogen-bond donors (Lipinski definition) is 2. The molecular weight excluding hydrogens is 765 g/mol. The van der Waals surface area contributed by atoms with Crippen molar-refractivity contribution in [2.75, 3.05) is 31.1 Å². The number of primary amides is 1. The lowest BCUT2D eigenvalue weighted by Crippen LogP contribution is -2.52. The van der Waals surface area contributed by atoms with Gasteiger partial charge >= 0.3 is 12.1 Å². The van der Waals surface area contributed by atoms with Crippen molar-refractivity contribution >= 4 is 75.3 Å². The number of carbonyl (C=O) groups excluding carboxylic acids is 1. The molecule has 4 aromatic rings. The number of anilines is 1. The van der Waals surface area contributed by atoms with E-state index in [9.17, 15) is 18.0 Å². The highest BCUT2D eigenvalue weighted by Crippen LogP contribution is 2.39. The first kappa shape index (κ1) is 39.8. The Balaban J connectivity index is 0.000000679. The Morgan fingerprint density at radius 1 is 0.923 bits per heavy atom. The molecule has 6 rings (SSSR count). The first-order chi connectivity index (χ1) is 24.5. The first-order valence-electron chi connectivity index (χ1n) is 16.8. The molecule has 0 radical (unpaired) electrons. The number of carboxylic acid groups (broad SMARTS) is 1. The van der Waals surface area contributed by atoms with Crippen molar-refractivity contribution < 1.29 is 27.9 Å². The second kappa shape index (κ2) is 16.3. The lowest BCUT2D eigenvalue weighted by molar-refractivity contribution is -0.192. The van der Waals surface area contributed by atoms with Gasteiger partial charge in [-0.05, 0) is 80.6 Å². The maximum atomic E-state index is 12.7. The smallest absolute Gasteiger partial charge is 0.475 e. The van der Waals surface area contributed by atoms with Crippen molar-refractivity contribution in [3.63, 3.8) is 0 Å². The molecule has 2 unspecified atom stereocenters. The van der Waals surface area contributed by atoms with Crippen LogP contribution in [-0.4, -0.2) is 80.0 Å². The molecule has 2 aromatic carbocycles. The minimum Gasteiger partial charge on any atom is -0.475 e. The predicted molar refractivity (Wildman–Crippen MR) is 197 cm³/mol. The highest BCUT2D eigenvalue weighted by atomic mass is 35.5. The number of piperidine rings is 2. The first-order valence-corrected chi connectivity index (χ1v) is 18.3. The van der Waals surface area contributed by atoms with Crippen LogP contribution in [0.2, 0.25) is 20.1 Å². The number of hydrogen-bond acceptors (Lipinski definition) is 7. The minimum absolute atomic E-state index is 0.0498. The molecule has 4 heterocycles. The van der Waals surface area contributed by atoms with E-state index >= 15 is 0 Å². The van der Waals surface area contributed by atoms with Crippen molar-refractivity contribution in [1.82, 2.24) is 24.6 Å². The Kier molecular flexibility index (Phi) is 12.5. The van der Waals surface area contributed by atoms with Gasteiger partial charge in [-0.1, -0.05) is 78.8 Å². The Morgan fingerprint density at radius 3 is 2.02 bits per heavy atom. The monoisotopic (exact) mass is 801 g/mol. The SMILES string of the molecule is CC1CN(c2nc3c(nc2[C@H](C)c2ccc(Cl)cc2Cl)c(C(N)=O)nn3[C@H](C)c2ccc(Cl)cc2Cl)CCC1N1CCCCC1.O=C(O)C(F)(F)F. The maximum absolute atomic E-state index is 12.7. The molecule has 3 N–H and O–H groups in total. The zero-order valence-corrected chi connectivity index (χ0v) is 31.6. The van der Waals surface area contributed by atoms with Gasteiger partial charge in [-0.15, -0.1) is 0 Å². The molecule has 10 nitrogen and oxygen atoms in total. The molecule has 0 saturated carbocycles. The van der Waals surface area contributed by atoms with Crippen molar-refractivity contribution in [2.24, 2.45) is 11.7 Å². The number of benzene rings is 2. The highest BCUT2D eigenvalue weighted by Gasteiger charge is 2.38. The number of carboxylic acids is 1. The molecule has 0 bridgehead atoms. The van der Waals surface area contributed by atoms with Crippen LogP contribution in [0, 0.1) is 5.92 Å². The van der Waals surface area contributed by atoms with Crippen molar-refractivity contribution in [1.29, 1.82) is 0 Å². The Hall–Kier alpha value is -3.36. The summed E-state index contributed by atoms with van der Waals surface area (Å²) in [5, 5.41) is 13.9. The maximum Gasteiger partial charge on any atom is 0.490 e. The largest absolute Gasteiger partial charge is 0.490 e. The number of likely N-dealkylation sites (tertiary alicyclic amines) is 1. The van der Waals surface area contributed by atoms with Gasteiger partial charge in [0.1, 0.15) is 5.52 Å². The Morgan fingerprint density at radius 2 is 1.50 bits per heavy atom. The number of rotatable bonds is 7. The average Bonchev–Trinajstić information content (AvgIpc) is 3.46. The molecular formula is C35H38Cl4F3N7O3. The summed E-state index contributed by atoms with van der Waals surface area (Å²) < 4.78 is 33.4. The van der Waals surface area contributed by atoms with Crippen LogP contribution in [0.1, 0.15) is 85.7 Å². The van der Waals surface area contributed by atoms with E-state index < -0.39 is 18.1 Å². The number of carbonyl (C=O) groups is 2. The fourth-order valence-electron chi connectivity index (χ4n) is 7.00. The highest BCUT2D eigenvalue weighted by molar-refractivity contribution is 6.35. The number of halogens is 7. The van der Waals surface area contributed by atoms with Crippen LogP contribution in [0.3, 0.4) is 0 Å². The van der Waals surface area contributed by atoms with E-state index in [0.29, 0.717) is 48.9 Å². The molecule has 2 aliphatic heterocycles. The lowest BCUT2D eigenvalue weighted by Gasteiger charge is -2.44. The fourth-order valence-corrected chi connectivity index (χ4v) is 8.14. The number of alkyl halides is 3. The molecule has 52 heavy (non-hydrogen) atoms. The second-order valence-corrected chi connectivity index (χ2v) is 14.9. The van der Waals surface area contributed by atoms with E-state index in [1.807, 2.05) is 32.0 Å². The summed E-state index contributed by atoms with van der Waals surface area (Å²) in [5.74, 6) is -2.53. The molecule has 17 heteroatoms. The van der Waals surface area contributed by atoms with Gasteiger partial charge in [0.05, 0.1) is 11.7 Å². The standard InChI is InChI=1S/C33H37Cl4N7O.C2HF3O2/c1-18-17-43(14-11-27(18)42-12-5-4-6-13-42)32-28(19(2)23-9-7-21(34)15-25(23)36)39-30-29(31(38)45)41-44(33(30)40-32)20(3)24-10-8-22(35)16-26(24)37;3-2(4,5)1(6)7/h7-10,15-16,18-20,27H,4-6,11-14,17H2,1-3H3,(H2,38,45);(H,6,7)/t18?,19-,20-,27?;/m1./s1. The lowest BCUT2D eigenvalue weighted by atomic mass is 9.90. The fraction of sp³-hybridized carbons (Fsp3) is 0.457. The topological polar surface area (TPSA) is 130 Å². The van der Waals surface area contributed by atoms with Crippen LogP contribution in [0.15, 0.2) is 36.4 Å². The van der Waals surface area contributed by atoms with Gasteiger partial charge < -0.3 is 15.7 Å². The summed E-state index contributed by atoms with van der Waals surface area (Å²) in [5.41, 5.74) is 9.07. The molecule has 2 aliphatic rings. The van der Waals surface area contributed by atoms with Crippen LogP contribution in [-0.2, 0) is 4.79 Å². The Labute approximate surface area is 319 Å². The molecule has 0 spiro atoms. The van der Waals surface area contributed by atoms with Gasteiger partial charge in [0, 0.05) is 45.1 Å². The number of amides is 1. The molecule has 2 aromatic heterocycles. The van der Waals surface area contributed by atoms with Gasteiger partial charge in [0.15, 0.2) is 17.2 Å². The third-order valence-corrected chi connectivity index (χ3v) is 10.8. The second-order valence-electron chi connectivity index (χ2n) is 13.2. The molecule has 2 saturated heterocycles. The van der Waals surface area contributed by atoms with E-state index in [0.717, 1.165) is 36.5 Å². The van der Waals surface area contributed by atoms with E-state index in [-0.39, 0.29) is 17.7 Å². The zero-order valence-electron chi connectivity index (χ0n) is 28.6. The predicted octanol–water partition coefficient (Wildman–Crippen LogP) is 8.63. The van der Waals surface area contributed by atoms with Crippen LogP contribution < -0.4 is 10.6 Å². The van der Waals surface area contributed by atoms with Crippen molar-refractivity contribution in [3.8, 4) is 0 Å².